The Hall–Kier alpha value is -3.04. The number of nitrogens with zero attached hydrogens (tertiary/aromatic N) is 6. The lowest BCUT2D eigenvalue weighted by Gasteiger charge is -2.44. The monoisotopic (exact) mass is 520 g/mol. The fourth-order valence-corrected chi connectivity index (χ4v) is 6.30. The van der Waals surface area contributed by atoms with Crippen LogP contribution in [0.4, 0.5) is 10.1 Å². The van der Waals surface area contributed by atoms with Crippen LogP contribution in [0.3, 0.4) is 0 Å². The number of aromatic carboxylic acids is 1. The van der Waals surface area contributed by atoms with Crippen molar-refractivity contribution in [3.05, 3.63) is 47.5 Å². The fourth-order valence-electron chi connectivity index (χ4n) is 6.30. The Kier molecular flexibility index (Phi) is 6.82. The van der Waals surface area contributed by atoms with Gasteiger partial charge in [0.15, 0.2) is 11.3 Å². The second-order valence-electron chi connectivity index (χ2n) is 11.3. The Bertz CT molecular complexity index is 1300. The summed E-state index contributed by atoms with van der Waals surface area (Å²) in [5.74, 6) is -1.04. The maximum absolute atomic E-state index is 13.7. The van der Waals surface area contributed by atoms with Gasteiger partial charge in [-0.2, -0.15) is 5.10 Å². The number of carboxylic acid groups (broad SMARTS) is 1. The minimum absolute atomic E-state index is 0.0165. The Labute approximate surface area is 223 Å². The SMILES string of the molecule is CC(C)N1CCN(C2CCN(c3cc(C(=O)O)nc4c3c(C3CCC3)nn4-c3ccc(F)cc3)CC2)CC1. The van der Waals surface area contributed by atoms with E-state index in [0.717, 1.165) is 81.7 Å². The van der Waals surface area contributed by atoms with Crippen molar-refractivity contribution in [2.75, 3.05) is 44.2 Å². The second-order valence-corrected chi connectivity index (χ2v) is 11.3. The molecule has 0 bridgehead atoms. The molecule has 3 aromatic rings. The zero-order chi connectivity index (χ0) is 26.4. The number of hydrogen-bond acceptors (Lipinski definition) is 6. The van der Waals surface area contributed by atoms with Crippen LogP contribution < -0.4 is 4.90 Å². The lowest BCUT2D eigenvalue weighted by molar-refractivity contribution is 0.0689. The summed E-state index contributed by atoms with van der Waals surface area (Å²) in [4.78, 5) is 24.2. The van der Waals surface area contributed by atoms with Gasteiger partial charge in [-0.15, -0.1) is 0 Å². The molecule has 8 nitrogen and oxygen atoms in total. The smallest absolute Gasteiger partial charge is 0.354 e. The van der Waals surface area contributed by atoms with E-state index < -0.39 is 5.97 Å². The van der Waals surface area contributed by atoms with Crippen LogP contribution >= 0.6 is 0 Å². The molecule has 9 heteroatoms. The third-order valence-electron chi connectivity index (χ3n) is 8.83. The highest BCUT2D eigenvalue weighted by Gasteiger charge is 2.33. The predicted octanol–water partition coefficient (Wildman–Crippen LogP) is 4.52. The van der Waals surface area contributed by atoms with Gasteiger partial charge >= 0.3 is 5.97 Å². The van der Waals surface area contributed by atoms with E-state index in [9.17, 15) is 14.3 Å². The molecule has 1 aromatic carbocycles. The van der Waals surface area contributed by atoms with E-state index in [1.54, 1.807) is 22.9 Å². The molecule has 4 heterocycles. The summed E-state index contributed by atoms with van der Waals surface area (Å²) in [5, 5.41) is 15.9. The molecule has 1 N–H and O–H groups in total. The summed E-state index contributed by atoms with van der Waals surface area (Å²) in [7, 11) is 0. The molecule has 3 aliphatic rings. The van der Waals surface area contributed by atoms with Crippen LogP contribution in [0.5, 0.6) is 0 Å². The first-order valence-corrected chi connectivity index (χ1v) is 14.0. The van der Waals surface area contributed by atoms with Gasteiger partial charge in [-0.3, -0.25) is 9.80 Å². The number of hydrogen-bond donors (Lipinski definition) is 1. The number of aromatic nitrogens is 3. The minimum atomic E-state index is -1.05. The van der Waals surface area contributed by atoms with Crippen molar-refractivity contribution in [2.45, 2.75) is 64.0 Å². The van der Waals surface area contributed by atoms with E-state index in [2.05, 4.69) is 33.5 Å². The summed E-state index contributed by atoms with van der Waals surface area (Å²) < 4.78 is 15.4. The Morgan fingerprint density at radius 1 is 1.00 bits per heavy atom. The predicted molar refractivity (Wildman–Crippen MR) is 146 cm³/mol. The highest BCUT2D eigenvalue weighted by atomic mass is 19.1. The number of fused-ring (bicyclic) bond motifs is 1. The number of piperazine rings is 1. The van der Waals surface area contributed by atoms with Crippen molar-refractivity contribution < 1.29 is 14.3 Å². The topological polar surface area (TPSA) is 77.7 Å². The zero-order valence-electron chi connectivity index (χ0n) is 22.3. The summed E-state index contributed by atoms with van der Waals surface area (Å²) >= 11 is 0. The molecule has 2 saturated heterocycles. The van der Waals surface area contributed by atoms with Gasteiger partial charge in [0.1, 0.15) is 5.82 Å². The van der Waals surface area contributed by atoms with Crippen LogP contribution in [0.15, 0.2) is 30.3 Å². The fraction of sp³-hybridized carbons (Fsp3) is 0.552. The number of halogens is 1. The first-order chi connectivity index (χ1) is 18.4. The van der Waals surface area contributed by atoms with Crippen LogP contribution in [0.25, 0.3) is 16.7 Å². The number of carboxylic acids is 1. The number of pyridine rings is 1. The van der Waals surface area contributed by atoms with Gasteiger partial charge in [-0.1, -0.05) is 6.42 Å². The van der Waals surface area contributed by atoms with Gasteiger partial charge in [0.05, 0.1) is 22.5 Å². The van der Waals surface area contributed by atoms with Crippen molar-refractivity contribution in [3.8, 4) is 5.69 Å². The average molecular weight is 521 g/mol. The minimum Gasteiger partial charge on any atom is -0.477 e. The quantitative estimate of drug-likeness (QED) is 0.512. The summed E-state index contributed by atoms with van der Waals surface area (Å²) in [6.45, 7) is 10.8. The molecule has 202 valence electrons. The molecule has 1 aliphatic carbocycles. The standard InChI is InChI=1S/C29H37FN6O2/c1-19(2)33-14-16-34(17-15-33)22-10-12-35(13-11-22)25-18-24(29(37)38)31-28-26(25)27(20-4-3-5-20)32-36(28)23-8-6-21(30)7-9-23/h6-9,18-20,22H,3-5,10-17H2,1-2H3,(H,37,38). The van der Waals surface area contributed by atoms with Crippen molar-refractivity contribution >= 4 is 22.7 Å². The highest BCUT2D eigenvalue weighted by Crippen LogP contribution is 2.43. The zero-order valence-corrected chi connectivity index (χ0v) is 22.3. The van der Waals surface area contributed by atoms with Gasteiger partial charge in [0.2, 0.25) is 0 Å². The summed E-state index contributed by atoms with van der Waals surface area (Å²) in [6.07, 6.45) is 5.42. The second kappa shape index (κ2) is 10.3. The van der Waals surface area contributed by atoms with Crippen LogP contribution in [-0.2, 0) is 0 Å². The van der Waals surface area contributed by atoms with Gasteiger partial charge in [0.25, 0.3) is 0 Å². The van der Waals surface area contributed by atoms with Gasteiger partial charge in [-0.05, 0) is 69.9 Å². The molecule has 0 amide bonds. The molecule has 38 heavy (non-hydrogen) atoms. The van der Waals surface area contributed by atoms with Crippen LogP contribution in [-0.4, -0.2) is 87.0 Å². The van der Waals surface area contributed by atoms with Gasteiger partial charge in [-0.25, -0.2) is 18.9 Å². The first kappa shape index (κ1) is 25.2. The number of piperidine rings is 1. The largest absolute Gasteiger partial charge is 0.477 e. The van der Waals surface area contributed by atoms with Crippen molar-refractivity contribution in [1.82, 2.24) is 24.6 Å². The molecule has 0 atom stereocenters. The third-order valence-corrected chi connectivity index (χ3v) is 8.83. The van der Waals surface area contributed by atoms with Crippen molar-refractivity contribution in [2.24, 2.45) is 0 Å². The van der Waals surface area contributed by atoms with E-state index in [1.165, 1.54) is 18.6 Å². The van der Waals surface area contributed by atoms with E-state index >= 15 is 0 Å². The summed E-state index contributed by atoms with van der Waals surface area (Å²) in [5.41, 5.74) is 3.15. The lowest BCUT2D eigenvalue weighted by atomic mass is 9.82. The molecule has 1 saturated carbocycles. The van der Waals surface area contributed by atoms with Crippen LogP contribution in [0, 0.1) is 5.82 Å². The number of benzene rings is 1. The maximum atomic E-state index is 13.7. The molecule has 6 rings (SSSR count). The number of rotatable bonds is 6. The van der Waals surface area contributed by atoms with Crippen LogP contribution in [0.2, 0.25) is 0 Å². The Morgan fingerprint density at radius 2 is 1.68 bits per heavy atom. The third kappa shape index (κ3) is 4.66. The highest BCUT2D eigenvalue weighted by molar-refractivity contribution is 5.98. The lowest BCUT2D eigenvalue weighted by Crippen LogP contribution is -2.54. The summed E-state index contributed by atoms with van der Waals surface area (Å²) in [6, 6.07) is 9.05. The Morgan fingerprint density at radius 3 is 2.26 bits per heavy atom. The van der Waals surface area contributed by atoms with Crippen molar-refractivity contribution in [1.29, 1.82) is 0 Å². The van der Waals surface area contributed by atoms with Crippen molar-refractivity contribution in [3.63, 3.8) is 0 Å². The van der Waals surface area contributed by atoms with Crippen LogP contribution in [0.1, 0.15) is 68.1 Å². The molecular formula is C29H37FN6O2. The van der Waals surface area contributed by atoms with E-state index in [4.69, 9.17) is 5.10 Å². The molecule has 0 unspecified atom stereocenters. The normalized spacial score (nSPS) is 20.4. The molecule has 2 aliphatic heterocycles. The van der Waals surface area contributed by atoms with E-state index in [1.807, 2.05) is 0 Å². The van der Waals surface area contributed by atoms with Gasteiger partial charge in [0, 0.05) is 57.3 Å². The average Bonchev–Trinajstić information content (AvgIpc) is 3.26. The molecule has 3 fully saturated rings. The maximum Gasteiger partial charge on any atom is 0.354 e. The number of anilines is 1. The molecule has 2 aromatic heterocycles. The first-order valence-electron chi connectivity index (χ1n) is 14.0. The molecule has 0 spiro atoms. The van der Waals surface area contributed by atoms with E-state index in [0.29, 0.717) is 29.3 Å². The Balaban J connectivity index is 1.33. The molecular weight excluding hydrogens is 483 g/mol. The van der Waals surface area contributed by atoms with E-state index in [-0.39, 0.29) is 11.5 Å². The van der Waals surface area contributed by atoms with Gasteiger partial charge < -0.3 is 10.0 Å². The number of carbonyl (C=O) groups is 1. The molecule has 0 radical (unpaired) electrons.